The summed E-state index contributed by atoms with van der Waals surface area (Å²) < 4.78 is 26.6. The van der Waals surface area contributed by atoms with Gasteiger partial charge in [0, 0.05) is 10.1 Å². The van der Waals surface area contributed by atoms with Crippen molar-refractivity contribution in [2.24, 2.45) is 5.92 Å². The van der Waals surface area contributed by atoms with Crippen LogP contribution in [0.2, 0.25) is 0 Å². The summed E-state index contributed by atoms with van der Waals surface area (Å²) in [4.78, 5) is 10.8. The maximum Gasteiger partial charge on any atom is 0.336 e. The molecule has 1 atom stereocenters. The number of sulfonamides is 1. The molecule has 0 heterocycles. The molecule has 0 aliphatic carbocycles. The molecule has 1 unspecified atom stereocenters. The van der Waals surface area contributed by atoms with Crippen LogP contribution in [0.1, 0.15) is 17.3 Å². The summed E-state index contributed by atoms with van der Waals surface area (Å²) in [5.41, 5.74) is -0.0724. The Balaban J connectivity index is 3.06. The van der Waals surface area contributed by atoms with Crippen LogP contribution in [0.25, 0.3) is 0 Å². The molecular formula is C11H11IN2O4S. The van der Waals surface area contributed by atoms with Crippen molar-refractivity contribution in [3.05, 3.63) is 27.3 Å². The van der Waals surface area contributed by atoms with E-state index in [-0.39, 0.29) is 17.0 Å². The van der Waals surface area contributed by atoms with Crippen LogP contribution in [0.15, 0.2) is 23.1 Å². The Hall–Kier alpha value is -1.18. The van der Waals surface area contributed by atoms with Gasteiger partial charge in [0.15, 0.2) is 0 Å². The van der Waals surface area contributed by atoms with Crippen LogP contribution in [-0.2, 0) is 10.0 Å². The number of aromatic carboxylic acids is 1. The summed E-state index contributed by atoms with van der Waals surface area (Å²) in [6.07, 6.45) is 0. The topological polar surface area (TPSA) is 107 Å². The molecule has 0 bridgehead atoms. The highest BCUT2D eigenvalue weighted by Gasteiger charge is 2.18. The number of hydrogen-bond donors (Lipinski definition) is 2. The minimum atomic E-state index is -3.81. The SMILES string of the molecule is CC(C#N)CNS(=O)(=O)c1ccc(I)c(C(=O)O)c1. The van der Waals surface area contributed by atoms with Crippen molar-refractivity contribution in [2.75, 3.05) is 6.54 Å². The van der Waals surface area contributed by atoms with Gasteiger partial charge in [-0.25, -0.2) is 17.9 Å². The van der Waals surface area contributed by atoms with E-state index in [4.69, 9.17) is 10.4 Å². The van der Waals surface area contributed by atoms with Crippen molar-refractivity contribution >= 4 is 38.6 Å². The van der Waals surface area contributed by atoms with Crippen molar-refractivity contribution in [2.45, 2.75) is 11.8 Å². The molecule has 0 saturated heterocycles. The van der Waals surface area contributed by atoms with Gasteiger partial charge in [-0.3, -0.25) is 0 Å². The predicted octanol–water partition coefficient (Wildman–Crippen LogP) is 1.43. The second-order valence-electron chi connectivity index (χ2n) is 3.83. The second-order valence-corrected chi connectivity index (χ2v) is 6.76. The Morgan fingerprint density at radius 3 is 2.74 bits per heavy atom. The van der Waals surface area contributed by atoms with E-state index >= 15 is 0 Å². The highest BCUT2D eigenvalue weighted by atomic mass is 127. The molecule has 1 aromatic carbocycles. The van der Waals surface area contributed by atoms with E-state index in [0.717, 1.165) is 6.07 Å². The average molecular weight is 394 g/mol. The standard InChI is InChI=1S/C11H11IN2O4S/c1-7(5-13)6-14-19(17,18)8-2-3-10(12)9(4-8)11(15)16/h2-4,7,14H,6H2,1H3,(H,15,16). The molecule has 0 spiro atoms. The number of nitrogens with one attached hydrogen (secondary N) is 1. The molecule has 19 heavy (non-hydrogen) atoms. The molecule has 0 amide bonds. The summed E-state index contributed by atoms with van der Waals surface area (Å²) in [5.74, 6) is -1.65. The molecule has 1 rings (SSSR count). The number of benzene rings is 1. The van der Waals surface area contributed by atoms with Crippen LogP contribution in [0.3, 0.4) is 0 Å². The molecular weight excluding hydrogens is 383 g/mol. The van der Waals surface area contributed by atoms with Crippen molar-refractivity contribution in [1.82, 2.24) is 4.72 Å². The van der Waals surface area contributed by atoms with Crippen molar-refractivity contribution < 1.29 is 18.3 Å². The lowest BCUT2D eigenvalue weighted by molar-refractivity contribution is 0.0695. The highest BCUT2D eigenvalue weighted by molar-refractivity contribution is 14.1. The number of hydrogen-bond acceptors (Lipinski definition) is 4. The van der Waals surface area contributed by atoms with Crippen LogP contribution in [0.4, 0.5) is 0 Å². The fourth-order valence-electron chi connectivity index (χ4n) is 1.20. The second kappa shape index (κ2) is 6.31. The molecule has 102 valence electrons. The average Bonchev–Trinajstić information content (AvgIpc) is 2.35. The minimum absolute atomic E-state index is 0.0206. The molecule has 6 nitrogen and oxygen atoms in total. The Bertz CT molecular complexity index is 637. The fraction of sp³-hybridized carbons (Fsp3) is 0.273. The molecule has 0 aliphatic rings. The molecule has 1 aromatic rings. The van der Waals surface area contributed by atoms with Gasteiger partial charge in [-0.2, -0.15) is 5.26 Å². The van der Waals surface area contributed by atoms with E-state index in [1.165, 1.54) is 12.1 Å². The monoisotopic (exact) mass is 394 g/mol. The van der Waals surface area contributed by atoms with Gasteiger partial charge in [-0.15, -0.1) is 0 Å². The van der Waals surface area contributed by atoms with E-state index in [1.807, 2.05) is 28.7 Å². The third-order valence-corrected chi connectivity index (χ3v) is 4.64. The van der Waals surface area contributed by atoms with E-state index < -0.39 is 21.9 Å². The zero-order chi connectivity index (χ0) is 14.6. The van der Waals surface area contributed by atoms with E-state index in [0.29, 0.717) is 3.57 Å². The summed E-state index contributed by atoms with van der Waals surface area (Å²) >= 11 is 1.82. The Morgan fingerprint density at radius 1 is 1.58 bits per heavy atom. The first-order valence-corrected chi connectivity index (χ1v) is 7.76. The lowest BCUT2D eigenvalue weighted by atomic mass is 10.2. The van der Waals surface area contributed by atoms with E-state index in [9.17, 15) is 13.2 Å². The van der Waals surface area contributed by atoms with Crippen molar-refractivity contribution in [3.63, 3.8) is 0 Å². The molecule has 0 aromatic heterocycles. The summed E-state index contributed by atoms with van der Waals surface area (Å²) in [6.45, 7) is 1.56. The molecule has 8 heteroatoms. The maximum absolute atomic E-state index is 11.9. The first-order valence-electron chi connectivity index (χ1n) is 5.20. The number of carbonyl (C=O) groups is 1. The van der Waals surface area contributed by atoms with Crippen molar-refractivity contribution in [1.29, 1.82) is 5.26 Å². The number of carboxylic acids is 1. The van der Waals surface area contributed by atoms with E-state index in [1.54, 1.807) is 6.92 Å². The summed E-state index contributed by atoms with van der Waals surface area (Å²) in [5, 5.41) is 17.5. The van der Waals surface area contributed by atoms with Crippen LogP contribution in [0.5, 0.6) is 0 Å². The van der Waals surface area contributed by atoms with Crippen molar-refractivity contribution in [3.8, 4) is 6.07 Å². The summed E-state index contributed by atoms with van der Waals surface area (Å²) in [7, 11) is -3.81. The Morgan fingerprint density at radius 2 is 2.21 bits per heavy atom. The number of carboxylic acid groups (broad SMARTS) is 1. The molecule has 0 radical (unpaired) electrons. The molecule has 0 fully saturated rings. The lowest BCUT2D eigenvalue weighted by Crippen LogP contribution is -2.28. The number of rotatable bonds is 5. The van der Waals surface area contributed by atoms with Gasteiger partial charge in [0.1, 0.15) is 0 Å². The van der Waals surface area contributed by atoms with Gasteiger partial charge in [-0.1, -0.05) is 0 Å². The van der Waals surface area contributed by atoms with Gasteiger partial charge in [0.05, 0.1) is 22.4 Å². The van der Waals surface area contributed by atoms with Crippen LogP contribution in [0, 0.1) is 20.8 Å². The normalized spacial score (nSPS) is 12.7. The third-order valence-electron chi connectivity index (χ3n) is 2.28. The van der Waals surface area contributed by atoms with E-state index in [2.05, 4.69) is 4.72 Å². The van der Waals surface area contributed by atoms with Crippen LogP contribution in [-0.4, -0.2) is 26.0 Å². The first-order chi connectivity index (χ1) is 8.77. The zero-order valence-electron chi connectivity index (χ0n) is 9.92. The summed E-state index contributed by atoms with van der Waals surface area (Å²) in [6, 6.07) is 5.76. The van der Waals surface area contributed by atoms with Gasteiger partial charge in [-0.05, 0) is 47.7 Å². The molecule has 0 saturated carbocycles. The Kier molecular flexibility index (Phi) is 5.28. The Labute approximate surface area is 124 Å². The highest BCUT2D eigenvalue weighted by Crippen LogP contribution is 2.18. The molecule has 2 N–H and O–H groups in total. The van der Waals surface area contributed by atoms with Gasteiger partial charge in [0.25, 0.3) is 0 Å². The molecule has 0 aliphatic heterocycles. The third kappa shape index (κ3) is 4.15. The number of nitrogens with zero attached hydrogens (tertiary/aromatic N) is 1. The van der Waals surface area contributed by atoms with Gasteiger partial charge in [0.2, 0.25) is 10.0 Å². The number of nitriles is 1. The number of halogens is 1. The smallest absolute Gasteiger partial charge is 0.336 e. The fourth-order valence-corrected chi connectivity index (χ4v) is 2.92. The zero-order valence-corrected chi connectivity index (χ0v) is 12.9. The maximum atomic E-state index is 11.9. The first kappa shape index (κ1) is 15.9. The van der Waals surface area contributed by atoms with Crippen LogP contribution < -0.4 is 4.72 Å². The van der Waals surface area contributed by atoms with Gasteiger partial charge < -0.3 is 5.11 Å². The largest absolute Gasteiger partial charge is 0.478 e. The quantitative estimate of drug-likeness (QED) is 0.735. The van der Waals surface area contributed by atoms with Crippen LogP contribution >= 0.6 is 22.6 Å². The minimum Gasteiger partial charge on any atom is -0.478 e. The predicted molar refractivity (Wildman–Crippen MR) is 76.1 cm³/mol. The lowest BCUT2D eigenvalue weighted by Gasteiger charge is -2.09. The van der Waals surface area contributed by atoms with Gasteiger partial charge >= 0.3 is 5.97 Å².